The van der Waals surface area contributed by atoms with E-state index in [4.69, 9.17) is 5.11 Å². The summed E-state index contributed by atoms with van der Waals surface area (Å²) in [4.78, 5) is 11.1. The van der Waals surface area contributed by atoms with E-state index in [1.165, 1.54) is 12.1 Å². The van der Waals surface area contributed by atoms with Gasteiger partial charge in [-0.05, 0) is 36.0 Å². The summed E-state index contributed by atoms with van der Waals surface area (Å²) in [5.74, 6) is -1.83. The summed E-state index contributed by atoms with van der Waals surface area (Å²) in [7, 11) is 0. The molecule has 0 bridgehead atoms. The second-order valence-corrected chi connectivity index (χ2v) is 5.16. The first kappa shape index (κ1) is 12.9. The Morgan fingerprint density at radius 2 is 2.11 bits per heavy atom. The molecule has 2 N–H and O–H groups in total. The van der Waals surface area contributed by atoms with E-state index in [2.05, 4.69) is 0 Å². The van der Waals surface area contributed by atoms with E-state index in [0.717, 1.165) is 25.3 Å². The zero-order chi connectivity index (χ0) is 13.3. The molecule has 0 amide bonds. The van der Waals surface area contributed by atoms with Crippen molar-refractivity contribution in [3.63, 3.8) is 0 Å². The third kappa shape index (κ3) is 3.00. The molecule has 1 aromatic carbocycles. The lowest BCUT2D eigenvalue weighted by Crippen LogP contribution is -2.19. The Labute approximate surface area is 105 Å². The van der Waals surface area contributed by atoms with Crippen LogP contribution in [0.2, 0.25) is 0 Å². The quantitative estimate of drug-likeness (QED) is 0.846. The van der Waals surface area contributed by atoms with Gasteiger partial charge in [0.15, 0.2) is 0 Å². The van der Waals surface area contributed by atoms with E-state index in [0.29, 0.717) is 11.5 Å². The number of phenols is 1. The van der Waals surface area contributed by atoms with Crippen molar-refractivity contribution < 1.29 is 19.4 Å². The maximum atomic E-state index is 13.3. The number of carbonyl (C=O) groups is 1. The van der Waals surface area contributed by atoms with Gasteiger partial charge in [-0.3, -0.25) is 4.79 Å². The van der Waals surface area contributed by atoms with Crippen molar-refractivity contribution in [3.8, 4) is 5.75 Å². The average molecular weight is 252 g/mol. The van der Waals surface area contributed by atoms with E-state index < -0.39 is 17.7 Å². The number of halogens is 1. The van der Waals surface area contributed by atoms with Crippen LogP contribution in [-0.4, -0.2) is 16.2 Å². The van der Waals surface area contributed by atoms with Crippen molar-refractivity contribution in [1.82, 2.24) is 0 Å². The summed E-state index contributed by atoms with van der Waals surface area (Å²) in [6, 6.07) is 3.82. The molecule has 2 atom stereocenters. The summed E-state index contributed by atoms with van der Waals surface area (Å²) in [5.41, 5.74) is 0.578. The number of aromatic hydroxyl groups is 1. The van der Waals surface area contributed by atoms with Crippen LogP contribution in [0.15, 0.2) is 18.2 Å². The van der Waals surface area contributed by atoms with Crippen LogP contribution in [0, 0.1) is 17.7 Å². The van der Waals surface area contributed by atoms with Gasteiger partial charge in [0.2, 0.25) is 0 Å². The largest absolute Gasteiger partial charge is 0.508 e. The summed E-state index contributed by atoms with van der Waals surface area (Å²) >= 11 is 0. The number of carboxylic acid groups (broad SMARTS) is 1. The summed E-state index contributed by atoms with van der Waals surface area (Å²) in [6.07, 6.45) is 2.98. The van der Waals surface area contributed by atoms with Crippen molar-refractivity contribution in [3.05, 3.63) is 29.6 Å². The number of hydrogen-bond acceptors (Lipinski definition) is 2. The van der Waals surface area contributed by atoms with E-state index in [9.17, 15) is 14.3 Å². The minimum atomic E-state index is -0.885. The minimum absolute atomic E-state index is 0.150. The number of carboxylic acids is 1. The van der Waals surface area contributed by atoms with Gasteiger partial charge in [-0.25, -0.2) is 4.39 Å². The Kier molecular flexibility index (Phi) is 3.55. The zero-order valence-electron chi connectivity index (χ0n) is 10.3. The second kappa shape index (κ2) is 4.96. The first-order valence-electron chi connectivity index (χ1n) is 6.19. The fourth-order valence-corrected chi connectivity index (χ4v) is 2.32. The third-order valence-corrected chi connectivity index (χ3v) is 3.61. The molecule has 1 saturated carbocycles. The van der Waals surface area contributed by atoms with Crippen LogP contribution in [0.3, 0.4) is 0 Å². The maximum Gasteiger partial charge on any atom is 0.306 e. The molecule has 0 spiro atoms. The van der Waals surface area contributed by atoms with E-state index in [1.807, 2.05) is 0 Å². The second-order valence-electron chi connectivity index (χ2n) is 5.16. The molecule has 1 aliphatic rings. The molecule has 18 heavy (non-hydrogen) atoms. The first-order chi connectivity index (χ1) is 8.47. The first-order valence-corrected chi connectivity index (χ1v) is 6.19. The van der Waals surface area contributed by atoms with Crippen LogP contribution in [0.5, 0.6) is 5.75 Å². The Morgan fingerprint density at radius 1 is 1.44 bits per heavy atom. The molecule has 0 radical (unpaired) electrons. The summed E-state index contributed by atoms with van der Waals surface area (Å²) in [5, 5.41) is 18.6. The fourth-order valence-electron chi connectivity index (χ4n) is 2.32. The molecule has 0 aliphatic heterocycles. The Hall–Kier alpha value is -1.58. The Balaban J connectivity index is 2.28. The average Bonchev–Trinajstić information content (AvgIpc) is 3.07. The smallest absolute Gasteiger partial charge is 0.306 e. The van der Waals surface area contributed by atoms with Gasteiger partial charge >= 0.3 is 5.97 Å². The van der Waals surface area contributed by atoms with Gasteiger partial charge in [0, 0.05) is 6.07 Å². The number of benzene rings is 1. The van der Waals surface area contributed by atoms with Crippen LogP contribution >= 0.6 is 0 Å². The van der Waals surface area contributed by atoms with Crippen LogP contribution in [0.25, 0.3) is 0 Å². The highest BCUT2D eigenvalue weighted by Crippen LogP contribution is 2.42. The monoisotopic (exact) mass is 252 g/mol. The van der Waals surface area contributed by atoms with Crippen LogP contribution in [-0.2, 0) is 4.79 Å². The lowest BCUT2D eigenvalue weighted by molar-refractivity contribution is -0.142. The lowest BCUT2D eigenvalue weighted by Gasteiger charge is -2.21. The van der Waals surface area contributed by atoms with E-state index in [1.54, 1.807) is 6.92 Å². The highest BCUT2D eigenvalue weighted by Gasteiger charge is 2.32. The molecule has 0 heterocycles. The molecule has 1 aliphatic carbocycles. The maximum absolute atomic E-state index is 13.3. The van der Waals surface area contributed by atoms with Crippen molar-refractivity contribution in [2.24, 2.45) is 11.8 Å². The van der Waals surface area contributed by atoms with Crippen molar-refractivity contribution in [2.45, 2.75) is 32.1 Å². The summed E-state index contributed by atoms with van der Waals surface area (Å²) in [6.45, 7) is 1.64. The predicted molar refractivity (Wildman–Crippen MR) is 64.9 cm³/mol. The standard InChI is InChI=1S/C14H17FO3/c1-8(14(17)18)13(4-9-2-3-9)10-5-11(15)7-12(16)6-10/h5-9,13,16H,2-4H2,1H3,(H,17,18)/t8?,13-/m0/s1. The van der Waals surface area contributed by atoms with Gasteiger partial charge in [0.1, 0.15) is 11.6 Å². The molecule has 1 aromatic rings. The molecular formula is C14H17FO3. The lowest BCUT2D eigenvalue weighted by atomic mass is 9.83. The molecule has 1 unspecified atom stereocenters. The van der Waals surface area contributed by atoms with Crippen LogP contribution < -0.4 is 0 Å². The van der Waals surface area contributed by atoms with Gasteiger partial charge in [0.05, 0.1) is 5.92 Å². The normalized spacial score (nSPS) is 18.3. The third-order valence-electron chi connectivity index (χ3n) is 3.61. The fraction of sp³-hybridized carbons (Fsp3) is 0.500. The topological polar surface area (TPSA) is 57.5 Å². The van der Waals surface area contributed by atoms with Crippen molar-refractivity contribution in [2.75, 3.05) is 0 Å². The van der Waals surface area contributed by atoms with Gasteiger partial charge in [-0.15, -0.1) is 0 Å². The SMILES string of the molecule is CC(C(=O)O)[C@H](CC1CC1)c1cc(O)cc(F)c1. The Bertz CT molecular complexity index is 434. The number of phenolic OH excluding ortho intramolecular Hbond substituents is 1. The Morgan fingerprint density at radius 3 is 2.61 bits per heavy atom. The van der Waals surface area contributed by atoms with Gasteiger partial charge < -0.3 is 10.2 Å². The van der Waals surface area contributed by atoms with Gasteiger partial charge in [0.25, 0.3) is 0 Å². The van der Waals surface area contributed by atoms with E-state index >= 15 is 0 Å². The van der Waals surface area contributed by atoms with Gasteiger partial charge in [-0.1, -0.05) is 19.8 Å². The molecule has 2 rings (SSSR count). The molecule has 4 heteroatoms. The van der Waals surface area contributed by atoms with Crippen LogP contribution in [0.4, 0.5) is 4.39 Å². The number of hydrogen-bond donors (Lipinski definition) is 2. The molecule has 1 fully saturated rings. The highest BCUT2D eigenvalue weighted by atomic mass is 19.1. The van der Waals surface area contributed by atoms with Crippen LogP contribution in [0.1, 0.15) is 37.7 Å². The minimum Gasteiger partial charge on any atom is -0.508 e. The number of aliphatic carboxylic acids is 1. The molecule has 98 valence electrons. The van der Waals surface area contributed by atoms with E-state index in [-0.39, 0.29) is 11.7 Å². The predicted octanol–water partition coefficient (Wildman–Crippen LogP) is 3.14. The molecular weight excluding hydrogens is 235 g/mol. The summed E-state index contributed by atoms with van der Waals surface area (Å²) < 4.78 is 13.3. The highest BCUT2D eigenvalue weighted by molar-refractivity contribution is 5.71. The van der Waals surface area contributed by atoms with Crippen molar-refractivity contribution in [1.29, 1.82) is 0 Å². The molecule has 3 nitrogen and oxygen atoms in total. The number of rotatable bonds is 5. The van der Waals surface area contributed by atoms with Crippen molar-refractivity contribution >= 4 is 5.97 Å². The zero-order valence-corrected chi connectivity index (χ0v) is 10.3. The van der Waals surface area contributed by atoms with Gasteiger partial charge in [-0.2, -0.15) is 0 Å². The molecule has 0 aromatic heterocycles. The molecule has 0 saturated heterocycles.